The fourth-order valence-electron chi connectivity index (χ4n) is 3.25. The third kappa shape index (κ3) is 4.35. The van der Waals surface area contributed by atoms with Crippen molar-refractivity contribution in [3.8, 4) is 17.5 Å². The number of H-pyrrole nitrogens is 1. The Morgan fingerprint density at radius 1 is 1.13 bits per heavy atom. The second kappa shape index (κ2) is 8.86. The summed E-state index contributed by atoms with van der Waals surface area (Å²) in [6.07, 6.45) is 0.539. The lowest BCUT2D eigenvalue weighted by molar-refractivity contribution is 0.426. The molecule has 31 heavy (non-hydrogen) atoms. The van der Waals surface area contributed by atoms with E-state index in [2.05, 4.69) is 20.3 Å². The summed E-state index contributed by atoms with van der Waals surface area (Å²) < 4.78 is 5.65. The molecule has 9 nitrogen and oxygen atoms in total. The maximum Gasteiger partial charge on any atom is 0.220 e. The third-order valence-electron chi connectivity index (χ3n) is 4.71. The first kappa shape index (κ1) is 21.8. The van der Waals surface area contributed by atoms with Gasteiger partial charge in [0.15, 0.2) is 5.69 Å². The first-order valence-corrected chi connectivity index (χ1v) is 9.78. The Morgan fingerprint density at radius 3 is 2.45 bits per heavy atom. The lowest BCUT2D eigenvalue weighted by Crippen LogP contribution is -2.23. The van der Waals surface area contributed by atoms with Crippen LogP contribution in [0, 0.1) is 6.92 Å². The molecule has 0 bridgehead atoms. The number of aromatic amines is 1. The summed E-state index contributed by atoms with van der Waals surface area (Å²) in [6.45, 7) is 3.75. The summed E-state index contributed by atoms with van der Waals surface area (Å²) in [7, 11) is 5.29. The highest BCUT2D eigenvalue weighted by Crippen LogP contribution is 2.45. The van der Waals surface area contributed by atoms with Gasteiger partial charge in [-0.15, -0.1) is 0 Å². The van der Waals surface area contributed by atoms with E-state index in [9.17, 15) is 15.3 Å². The highest BCUT2D eigenvalue weighted by atomic mass is 16.3. The number of nitrogens with zero attached hydrogens (tertiary/aromatic N) is 3. The monoisotopic (exact) mass is 425 g/mol. The number of para-hydroxylation sites is 1. The van der Waals surface area contributed by atoms with Crippen LogP contribution in [-0.4, -0.2) is 57.9 Å². The highest BCUT2D eigenvalue weighted by Gasteiger charge is 2.21. The minimum absolute atomic E-state index is 0.0517. The molecule has 0 saturated heterocycles. The van der Waals surface area contributed by atoms with Crippen molar-refractivity contribution in [1.82, 2.24) is 9.88 Å². The van der Waals surface area contributed by atoms with E-state index in [1.807, 2.05) is 34.0 Å². The molecule has 164 valence electrons. The normalized spacial score (nSPS) is 12.3. The topological polar surface area (TPSA) is 130 Å². The van der Waals surface area contributed by atoms with Gasteiger partial charge in [0.1, 0.15) is 28.8 Å². The maximum absolute atomic E-state index is 10.8. The van der Waals surface area contributed by atoms with E-state index in [1.54, 1.807) is 36.2 Å². The fourth-order valence-corrected chi connectivity index (χ4v) is 3.25. The molecule has 3 aromatic rings. The van der Waals surface area contributed by atoms with Gasteiger partial charge in [-0.1, -0.05) is 13.0 Å². The first-order valence-electron chi connectivity index (χ1n) is 9.78. The molecule has 0 radical (unpaired) electrons. The van der Waals surface area contributed by atoms with Crippen molar-refractivity contribution in [3.05, 3.63) is 47.4 Å². The molecule has 1 aromatic carbocycles. The van der Waals surface area contributed by atoms with E-state index in [0.717, 1.165) is 5.76 Å². The van der Waals surface area contributed by atoms with Gasteiger partial charge < -0.3 is 30.0 Å². The second-order valence-electron chi connectivity index (χ2n) is 7.14. The number of anilines is 2. The van der Waals surface area contributed by atoms with Crippen LogP contribution in [0.1, 0.15) is 30.4 Å². The summed E-state index contributed by atoms with van der Waals surface area (Å²) in [6, 6.07) is 8.77. The number of phenols is 1. The number of aromatic nitrogens is 1. The van der Waals surface area contributed by atoms with Crippen molar-refractivity contribution in [2.45, 2.75) is 20.3 Å². The standard InChI is InChI=1S/C22H27N5O4/c1-6-14(16-11-10-12(2)31-16)24-17-18(22(30)26-21(17)29)25-15-9-7-8-13(19(15)28)20(23-3)27(4)5/h7-11,25-26,28-30H,6H2,1-5H3. The van der Waals surface area contributed by atoms with Gasteiger partial charge >= 0.3 is 0 Å². The number of aliphatic imine (C=N–C) groups is 2. The van der Waals surface area contributed by atoms with E-state index in [0.29, 0.717) is 35.0 Å². The molecule has 9 heteroatoms. The fraction of sp³-hybridized carbons (Fsp3) is 0.273. The number of amidine groups is 1. The molecule has 3 rings (SSSR count). The molecule has 0 atom stereocenters. The third-order valence-corrected chi connectivity index (χ3v) is 4.71. The van der Waals surface area contributed by atoms with E-state index < -0.39 is 0 Å². The minimum atomic E-state index is -0.316. The number of benzene rings is 1. The molecule has 0 aliphatic rings. The van der Waals surface area contributed by atoms with Gasteiger partial charge in [-0.25, -0.2) is 4.99 Å². The largest absolute Gasteiger partial charge is 0.505 e. The van der Waals surface area contributed by atoms with Gasteiger partial charge in [-0.05, 0) is 37.6 Å². The Hall–Kier alpha value is -3.88. The zero-order valence-electron chi connectivity index (χ0n) is 18.2. The highest BCUT2D eigenvalue weighted by molar-refractivity contribution is 6.03. The Kier molecular flexibility index (Phi) is 6.24. The zero-order chi connectivity index (χ0) is 22.7. The average molecular weight is 425 g/mol. The molecule has 2 aromatic heterocycles. The number of nitrogens with one attached hydrogen (secondary N) is 2. The van der Waals surface area contributed by atoms with Crippen molar-refractivity contribution in [3.63, 3.8) is 0 Å². The van der Waals surface area contributed by atoms with Gasteiger partial charge in [-0.2, -0.15) is 0 Å². The van der Waals surface area contributed by atoms with Crippen LogP contribution in [-0.2, 0) is 0 Å². The molecular formula is C22H27N5O4. The predicted octanol–water partition coefficient (Wildman–Crippen LogP) is 4.25. The molecule has 0 fully saturated rings. The summed E-state index contributed by atoms with van der Waals surface area (Å²) >= 11 is 0. The molecule has 0 aliphatic carbocycles. The van der Waals surface area contributed by atoms with Crippen molar-refractivity contribution in [1.29, 1.82) is 0 Å². The van der Waals surface area contributed by atoms with Crippen molar-refractivity contribution < 1.29 is 19.7 Å². The number of hydrogen-bond donors (Lipinski definition) is 5. The molecule has 2 heterocycles. The van der Waals surface area contributed by atoms with Gasteiger partial charge in [0, 0.05) is 21.1 Å². The summed E-state index contributed by atoms with van der Waals surface area (Å²) in [5.41, 5.74) is 1.65. The molecule has 0 saturated carbocycles. The zero-order valence-corrected chi connectivity index (χ0v) is 18.2. The maximum atomic E-state index is 10.8. The molecule has 5 N–H and O–H groups in total. The number of aromatic hydroxyl groups is 3. The smallest absolute Gasteiger partial charge is 0.220 e. The second-order valence-corrected chi connectivity index (χ2v) is 7.14. The Bertz CT molecular complexity index is 1140. The van der Waals surface area contributed by atoms with Crippen LogP contribution in [0.15, 0.2) is 44.7 Å². The number of rotatable bonds is 6. The van der Waals surface area contributed by atoms with Crippen molar-refractivity contribution in [2.24, 2.45) is 9.98 Å². The average Bonchev–Trinajstić information content (AvgIpc) is 3.26. The predicted molar refractivity (Wildman–Crippen MR) is 122 cm³/mol. The van der Waals surface area contributed by atoms with Gasteiger partial charge in [-0.3, -0.25) is 9.98 Å². The Morgan fingerprint density at radius 2 is 1.87 bits per heavy atom. The van der Waals surface area contributed by atoms with E-state index >= 15 is 0 Å². The van der Waals surface area contributed by atoms with Crippen LogP contribution in [0.4, 0.5) is 17.1 Å². The van der Waals surface area contributed by atoms with E-state index in [4.69, 9.17) is 4.42 Å². The Balaban J connectivity index is 2.06. The van der Waals surface area contributed by atoms with Crippen LogP contribution in [0.25, 0.3) is 0 Å². The molecule has 0 unspecified atom stereocenters. The van der Waals surface area contributed by atoms with Crippen molar-refractivity contribution in [2.75, 3.05) is 26.5 Å². The molecule has 0 spiro atoms. The SMILES string of the molecule is CCC(=Nc1c(O)[nH]c(O)c1Nc1cccc(C(=NC)N(C)C)c1O)c1ccc(C)o1. The minimum Gasteiger partial charge on any atom is -0.505 e. The summed E-state index contributed by atoms with van der Waals surface area (Å²) in [5, 5.41) is 34.5. The number of phenolic OH excluding ortho intramolecular Hbond substituents is 1. The number of aryl methyl sites for hydroxylation is 1. The van der Waals surface area contributed by atoms with Gasteiger partial charge in [0.05, 0.1) is 17.0 Å². The van der Waals surface area contributed by atoms with Crippen LogP contribution in [0.3, 0.4) is 0 Å². The van der Waals surface area contributed by atoms with E-state index in [-0.39, 0.29) is 28.9 Å². The number of hydrogen-bond acceptors (Lipinski definition) is 7. The lowest BCUT2D eigenvalue weighted by Gasteiger charge is -2.18. The molecule has 0 amide bonds. The van der Waals surface area contributed by atoms with Gasteiger partial charge in [0.2, 0.25) is 11.8 Å². The lowest BCUT2D eigenvalue weighted by atomic mass is 10.1. The summed E-state index contributed by atoms with van der Waals surface area (Å²) in [5.74, 6) is 1.22. The van der Waals surface area contributed by atoms with E-state index in [1.165, 1.54) is 0 Å². The molecular weight excluding hydrogens is 398 g/mol. The van der Waals surface area contributed by atoms with Crippen LogP contribution in [0.5, 0.6) is 17.5 Å². The van der Waals surface area contributed by atoms with Gasteiger partial charge in [0.25, 0.3) is 0 Å². The van der Waals surface area contributed by atoms with Crippen molar-refractivity contribution >= 4 is 28.6 Å². The Labute approximate surface area is 180 Å². The van der Waals surface area contributed by atoms with Crippen LogP contribution < -0.4 is 5.32 Å². The quantitative estimate of drug-likeness (QED) is 0.228. The van der Waals surface area contributed by atoms with Crippen LogP contribution in [0.2, 0.25) is 0 Å². The number of furan rings is 1. The van der Waals surface area contributed by atoms with Crippen LogP contribution >= 0.6 is 0 Å². The molecule has 0 aliphatic heterocycles. The summed E-state index contributed by atoms with van der Waals surface area (Å²) in [4.78, 5) is 13.0. The first-order chi connectivity index (χ1) is 14.8.